The van der Waals surface area contributed by atoms with E-state index in [9.17, 15) is 34.2 Å². The summed E-state index contributed by atoms with van der Waals surface area (Å²) >= 11 is 0. The smallest absolute Gasteiger partial charge is 0.328 e. The number of methoxy groups -OCH3 is 2. The zero-order valence-electron chi connectivity index (χ0n) is 35.3. The number of likely N-dealkylation sites (N-methyl/N-ethyl adjacent to an activating group) is 3. The lowest BCUT2D eigenvalue weighted by Crippen LogP contribution is -2.59. The second kappa shape index (κ2) is 21.8. The minimum atomic E-state index is -1.23. The quantitative estimate of drug-likeness (QED) is 0.141. The molecular formula is C44H60N4O10. The number of benzene rings is 3. The van der Waals surface area contributed by atoms with E-state index in [1.165, 1.54) is 55.3 Å². The molecule has 0 saturated carbocycles. The van der Waals surface area contributed by atoms with E-state index in [2.05, 4.69) is 5.32 Å². The van der Waals surface area contributed by atoms with Gasteiger partial charge in [-0.05, 0) is 85.9 Å². The van der Waals surface area contributed by atoms with Crippen LogP contribution in [0, 0.1) is 11.8 Å². The Morgan fingerprint density at radius 2 is 1.09 bits per heavy atom. The zero-order chi connectivity index (χ0) is 43.3. The van der Waals surface area contributed by atoms with Gasteiger partial charge in [0, 0.05) is 32.9 Å². The molecule has 0 aliphatic heterocycles. The van der Waals surface area contributed by atoms with Crippen LogP contribution < -0.4 is 10.1 Å². The number of hydrogen-bond acceptors (Lipinski definition) is 11. The van der Waals surface area contributed by atoms with Gasteiger partial charge in [0.2, 0.25) is 11.8 Å². The highest BCUT2D eigenvalue weighted by Gasteiger charge is 2.40. The van der Waals surface area contributed by atoms with Gasteiger partial charge >= 0.3 is 11.9 Å². The van der Waals surface area contributed by atoms with Gasteiger partial charge in [0.25, 0.3) is 5.91 Å². The summed E-state index contributed by atoms with van der Waals surface area (Å²) < 4.78 is 16.3. The van der Waals surface area contributed by atoms with Crippen LogP contribution in [0.3, 0.4) is 0 Å². The Morgan fingerprint density at radius 3 is 1.52 bits per heavy atom. The van der Waals surface area contributed by atoms with Crippen LogP contribution in [0.4, 0.5) is 0 Å². The van der Waals surface area contributed by atoms with E-state index in [-0.39, 0.29) is 24.3 Å². The SMILES string of the molecule is CC[C@H](C)[C@H](OC(=O)[C@H](Cc1ccc(OC)cc1)N(C)C)C(=O)N[C@@H](C(=O)N(C)[C@@H](Cc1ccc(O)cc1)C(=O)N(C)[C@H](Cc1ccc(O)cc1)C(=O)OC)C(C)C. The molecule has 316 valence electrons. The van der Waals surface area contributed by atoms with E-state index in [0.717, 1.165) is 5.56 Å². The van der Waals surface area contributed by atoms with Crippen LogP contribution in [0.1, 0.15) is 50.8 Å². The average molecular weight is 805 g/mol. The molecule has 58 heavy (non-hydrogen) atoms. The summed E-state index contributed by atoms with van der Waals surface area (Å²) in [5, 5.41) is 22.6. The Bertz CT molecular complexity index is 1820. The van der Waals surface area contributed by atoms with Gasteiger partial charge in [0.05, 0.1) is 14.2 Å². The van der Waals surface area contributed by atoms with Crippen molar-refractivity contribution in [2.24, 2.45) is 11.8 Å². The first-order chi connectivity index (χ1) is 27.4. The number of rotatable bonds is 20. The van der Waals surface area contributed by atoms with Crippen molar-refractivity contribution in [3.63, 3.8) is 0 Å². The summed E-state index contributed by atoms with van der Waals surface area (Å²) in [5.41, 5.74) is 2.15. The fourth-order valence-corrected chi connectivity index (χ4v) is 6.43. The Morgan fingerprint density at radius 1 is 0.638 bits per heavy atom. The first kappa shape index (κ1) is 46.8. The van der Waals surface area contributed by atoms with Gasteiger partial charge in [-0.1, -0.05) is 64.1 Å². The van der Waals surface area contributed by atoms with Gasteiger partial charge in [-0.25, -0.2) is 4.79 Å². The van der Waals surface area contributed by atoms with E-state index in [1.807, 2.05) is 19.1 Å². The van der Waals surface area contributed by atoms with E-state index >= 15 is 0 Å². The van der Waals surface area contributed by atoms with Gasteiger partial charge in [-0.15, -0.1) is 0 Å². The van der Waals surface area contributed by atoms with Crippen LogP contribution in [-0.2, 0) is 52.7 Å². The molecule has 14 heteroatoms. The number of amides is 3. The normalized spacial score (nSPS) is 14.3. The zero-order valence-corrected chi connectivity index (χ0v) is 35.3. The molecule has 3 amide bonds. The van der Waals surface area contributed by atoms with Crippen molar-refractivity contribution >= 4 is 29.7 Å². The lowest BCUT2D eigenvalue weighted by atomic mass is 9.96. The highest BCUT2D eigenvalue weighted by atomic mass is 16.6. The Hall–Kier alpha value is -5.63. The number of aromatic hydroxyl groups is 2. The molecule has 3 aromatic carbocycles. The van der Waals surface area contributed by atoms with E-state index in [4.69, 9.17) is 14.2 Å². The second-order valence-electron chi connectivity index (χ2n) is 15.2. The average Bonchev–Trinajstić information content (AvgIpc) is 3.21. The van der Waals surface area contributed by atoms with Crippen molar-refractivity contribution in [2.45, 2.75) is 83.6 Å². The molecule has 3 aromatic rings. The highest BCUT2D eigenvalue weighted by molar-refractivity contribution is 5.95. The fourth-order valence-electron chi connectivity index (χ4n) is 6.43. The molecule has 0 heterocycles. The Labute approximate surface area is 342 Å². The van der Waals surface area contributed by atoms with Crippen LogP contribution in [-0.4, -0.2) is 127 Å². The van der Waals surface area contributed by atoms with Crippen molar-refractivity contribution in [1.82, 2.24) is 20.0 Å². The van der Waals surface area contributed by atoms with Crippen molar-refractivity contribution in [3.05, 3.63) is 89.5 Å². The number of carbonyl (C=O) groups excluding carboxylic acids is 5. The first-order valence-corrected chi connectivity index (χ1v) is 19.4. The number of phenols is 2. The number of carbonyl (C=O) groups is 5. The third-order valence-corrected chi connectivity index (χ3v) is 10.5. The predicted octanol–water partition coefficient (Wildman–Crippen LogP) is 3.99. The minimum Gasteiger partial charge on any atom is -0.508 e. The van der Waals surface area contributed by atoms with Crippen molar-refractivity contribution in [3.8, 4) is 17.2 Å². The summed E-state index contributed by atoms with van der Waals surface area (Å²) in [7, 11) is 9.21. The number of nitrogens with zero attached hydrogens (tertiary/aromatic N) is 3. The maximum absolute atomic E-state index is 14.5. The maximum atomic E-state index is 14.5. The number of phenolic OH excluding ortho intramolecular Hbond substituents is 2. The molecule has 0 aliphatic rings. The molecule has 0 fully saturated rings. The summed E-state index contributed by atoms with van der Waals surface area (Å²) in [4.78, 5) is 74.2. The predicted molar refractivity (Wildman–Crippen MR) is 219 cm³/mol. The molecule has 0 unspecified atom stereocenters. The number of hydrogen-bond donors (Lipinski definition) is 3. The third-order valence-electron chi connectivity index (χ3n) is 10.5. The lowest BCUT2D eigenvalue weighted by Gasteiger charge is -2.36. The van der Waals surface area contributed by atoms with Gasteiger partial charge in [-0.3, -0.25) is 24.1 Å². The first-order valence-electron chi connectivity index (χ1n) is 19.4. The molecule has 0 spiro atoms. The molecule has 0 bridgehead atoms. The van der Waals surface area contributed by atoms with Gasteiger partial charge in [-0.2, -0.15) is 0 Å². The maximum Gasteiger partial charge on any atom is 0.328 e. The Kier molecular flexibility index (Phi) is 17.5. The Balaban J connectivity index is 1.92. The van der Waals surface area contributed by atoms with Gasteiger partial charge < -0.3 is 39.5 Å². The van der Waals surface area contributed by atoms with Crippen molar-refractivity contribution in [2.75, 3.05) is 42.4 Å². The van der Waals surface area contributed by atoms with Crippen LogP contribution in [0.5, 0.6) is 17.2 Å². The van der Waals surface area contributed by atoms with E-state index in [1.54, 1.807) is 83.3 Å². The summed E-state index contributed by atoms with van der Waals surface area (Å²) in [6.07, 6.45) is -0.341. The highest BCUT2D eigenvalue weighted by Crippen LogP contribution is 2.22. The lowest BCUT2D eigenvalue weighted by molar-refractivity contribution is -0.164. The molecule has 3 rings (SSSR count). The van der Waals surface area contributed by atoms with Crippen molar-refractivity contribution in [1.29, 1.82) is 0 Å². The summed E-state index contributed by atoms with van der Waals surface area (Å²) in [5.74, 6) is -3.22. The van der Waals surface area contributed by atoms with Gasteiger partial charge in [0.1, 0.15) is 41.4 Å². The second-order valence-corrected chi connectivity index (χ2v) is 15.2. The van der Waals surface area contributed by atoms with E-state index in [0.29, 0.717) is 29.7 Å². The summed E-state index contributed by atoms with van der Waals surface area (Å²) in [6.45, 7) is 7.18. The summed E-state index contributed by atoms with van der Waals surface area (Å²) in [6, 6.07) is 15.6. The third kappa shape index (κ3) is 12.7. The van der Waals surface area contributed by atoms with Crippen LogP contribution in [0.2, 0.25) is 0 Å². The topological polar surface area (TPSA) is 175 Å². The fraction of sp³-hybridized carbons (Fsp3) is 0.477. The number of nitrogens with one attached hydrogen (secondary N) is 1. The molecule has 6 atom stereocenters. The van der Waals surface area contributed by atoms with Crippen molar-refractivity contribution < 1.29 is 48.4 Å². The minimum absolute atomic E-state index is 0.00475. The molecule has 3 N–H and O–H groups in total. The van der Waals surface area contributed by atoms with Crippen LogP contribution >= 0.6 is 0 Å². The standard InChI is InChI=1S/C44H60N4O10/c1-11-28(4)39(58-44(55)36(46(5)6)25-31-16-22-34(56-9)23-17-31)40(51)45-38(27(2)3)42(53)47(7)35(24-29-12-18-32(49)19-13-29)41(52)48(8)37(43(54)57-10)26-30-14-20-33(50)21-15-30/h12-23,27-28,35-39,49-50H,11,24-26H2,1-10H3,(H,45,51)/t28-,35-,36-,37+,38+,39-/m0/s1. The van der Waals surface area contributed by atoms with Crippen LogP contribution in [0.25, 0.3) is 0 Å². The number of esters is 2. The van der Waals surface area contributed by atoms with E-state index < -0.39 is 71.8 Å². The monoisotopic (exact) mass is 804 g/mol. The molecule has 0 radical (unpaired) electrons. The molecule has 14 nitrogen and oxygen atoms in total. The van der Waals surface area contributed by atoms with Gasteiger partial charge in [0.15, 0.2) is 6.10 Å². The van der Waals surface area contributed by atoms with Crippen LogP contribution in [0.15, 0.2) is 72.8 Å². The molecule has 0 aromatic heterocycles. The number of ether oxygens (including phenoxy) is 3. The largest absolute Gasteiger partial charge is 0.508 e. The molecule has 0 saturated heterocycles. The molecular weight excluding hydrogens is 745 g/mol. The molecule has 0 aliphatic carbocycles.